The third kappa shape index (κ3) is 5.11. The molecule has 0 saturated heterocycles. The number of hydrogen-bond donors (Lipinski definition) is 0. The van der Waals surface area contributed by atoms with Gasteiger partial charge in [-0.15, -0.1) is 11.3 Å². The van der Waals surface area contributed by atoms with Crippen LogP contribution in [0.3, 0.4) is 0 Å². The van der Waals surface area contributed by atoms with Gasteiger partial charge in [0.2, 0.25) is 0 Å². The predicted molar refractivity (Wildman–Crippen MR) is 73.1 cm³/mol. The average molecular weight is 239 g/mol. The predicted octanol–water partition coefficient (Wildman–Crippen LogP) is 5.39. The van der Waals surface area contributed by atoms with Crippen molar-refractivity contribution < 1.29 is 0 Å². The lowest BCUT2D eigenvalue weighted by molar-refractivity contribution is 0.502. The van der Waals surface area contributed by atoms with Crippen LogP contribution in [-0.4, -0.2) is 4.98 Å². The highest BCUT2D eigenvalue weighted by molar-refractivity contribution is 7.07. The lowest BCUT2D eigenvalue weighted by atomic mass is 9.93. The van der Waals surface area contributed by atoms with Crippen molar-refractivity contribution in [2.45, 2.75) is 71.1 Å². The fraction of sp³-hybridized carbons (Fsp3) is 0.786. The van der Waals surface area contributed by atoms with Gasteiger partial charge in [0.1, 0.15) is 0 Å². The number of nitrogens with zero attached hydrogens (tertiary/aromatic N) is 1. The maximum absolute atomic E-state index is 4.49. The molecule has 1 aromatic rings. The molecule has 0 bridgehead atoms. The van der Waals surface area contributed by atoms with E-state index in [1.165, 1.54) is 57.1 Å². The van der Waals surface area contributed by atoms with Crippen molar-refractivity contribution in [3.63, 3.8) is 0 Å². The van der Waals surface area contributed by atoms with Crippen LogP contribution in [-0.2, 0) is 0 Å². The van der Waals surface area contributed by atoms with Gasteiger partial charge in [-0.1, -0.05) is 52.4 Å². The Bertz CT molecular complexity index is 243. The molecule has 2 heteroatoms. The van der Waals surface area contributed by atoms with Gasteiger partial charge < -0.3 is 0 Å². The normalized spacial score (nSPS) is 12.9. The molecule has 1 atom stereocenters. The Morgan fingerprint density at radius 1 is 1.06 bits per heavy atom. The molecule has 0 aliphatic rings. The zero-order valence-electron chi connectivity index (χ0n) is 10.7. The van der Waals surface area contributed by atoms with Gasteiger partial charge in [0.25, 0.3) is 0 Å². The van der Waals surface area contributed by atoms with E-state index in [0.717, 1.165) is 5.92 Å². The van der Waals surface area contributed by atoms with Gasteiger partial charge in [0.15, 0.2) is 0 Å². The van der Waals surface area contributed by atoms with Crippen molar-refractivity contribution in [3.05, 3.63) is 16.6 Å². The Kier molecular flexibility index (Phi) is 7.48. The molecule has 0 aliphatic heterocycles. The molecule has 0 amide bonds. The molecule has 0 aliphatic carbocycles. The Morgan fingerprint density at radius 2 is 1.81 bits per heavy atom. The van der Waals surface area contributed by atoms with Gasteiger partial charge in [-0.3, -0.25) is 0 Å². The average Bonchev–Trinajstić information content (AvgIpc) is 2.82. The molecule has 0 fully saturated rings. The highest BCUT2D eigenvalue weighted by atomic mass is 32.1. The molecule has 0 radical (unpaired) electrons. The van der Waals surface area contributed by atoms with Crippen molar-refractivity contribution in [3.8, 4) is 0 Å². The molecule has 1 nitrogen and oxygen atoms in total. The Labute approximate surface area is 104 Å². The van der Waals surface area contributed by atoms with Crippen LogP contribution in [0.1, 0.15) is 76.8 Å². The quantitative estimate of drug-likeness (QED) is 0.527. The summed E-state index contributed by atoms with van der Waals surface area (Å²) in [6.07, 6.45) is 10.8. The molecule has 16 heavy (non-hydrogen) atoms. The van der Waals surface area contributed by atoms with E-state index in [9.17, 15) is 0 Å². The molecular formula is C14H25NS. The summed E-state index contributed by atoms with van der Waals surface area (Å²) in [5.41, 5.74) is 3.32. The van der Waals surface area contributed by atoms with E-state index in [0.29, 0.717) is 0 Å². The second-order valence-corrected chi connectivity index (χ2v) is 5.32. The molecule has 1 aromatic heterocycles. The second-order valence-electron chi connectivity index (χ2n) is 4.60. The van der Waals surface area contributed by atoms with E-state index >= 15 is 0 Å². The Morgan fingerprint density at radius 3 is 2.44 bits per heavy atom. The van der Waals surface area contributed by atoms with Crippen LogP contribution >= 0.6 is 11.3 Å². The Balaban J connectivity index is 2.32. The molecule has 92 valence electrons. The first kappa shape index (κ1) is 13.7. The lowest BCUT2D eigenvalue weighted by Crippen LogP contribution is -1.99. The first-order chi connectivity index (χ1) is 7.88. The zero-order chi connectivity index (χ0) is 11.6. The standard InChI is InChI=1S/C14H25NS/c1-3-5-7-8-10-13(9-6-4-2)14-11-16-12-15-14/h11-13H,3-10H2,1-2H3. The number of unbranched alkanes of at least 4 members (excludes halogenated alkanes) is 4. The molecule has 0 spiro atoms. The number of thiazole rings is 1. The molecule has 0 N–H and O–H groups in total. The summed E-state index contributed by atoms with van der Waals surface area (Å²) in [7, 11) is 0. The molecule has 0 aromatic carbocycles. The first-order valence-electron chi connectivity index (χ1n) is 6.76. The van der Waals surface area contributed by atoms with Crippen LogP contribution in [0.15, 0.2) is 10.9 Å². The molecule has 1 rings (SSSR count). The van der Waals surface area contributed by atoms with Crippen molar-refractivity contribution in [1.29, 1.82) is 0 Å². The van der Waals surface area contributed by atoms with Crippen LogP contribution < -0.4 is 0 Å². The second kappa shape index (κ2) is 8.74. The van der Waals surface area contributed by atoms with E-state index in [2.05, 4.69) is 24.2 Å². The van der Waals surface area contributed by atoms with E-state index < -0.39 is 0 Å². The van der Waals surface area contributed by atoms with Gasteiger partial charge in [-0.2, -0.15) is 0 Å². The molecule has 0 saturated carbocycles. The van der Waals surface area contributed by atoms with Crippen molar-refractivity contribution in [2.24, 2.45) is 0 Å². The van der Waals surface area contributed by atoms with Gasteiger partial charge in [-0.25, -0.2) is 4.98 Å². The summed E-state index contributed by atoms with van der Waals surface area (Å²) < 4.78 is 0. The monoisotopic (exact) mass is 239 g/mol. The van der Waals surface area contributed by atoms with Crippen LogP contribution in [0, 0.1) is 0 Å². The van der Waals surface area contributed by atoms with Crippen LogP contribution in [0.4, 0.5) is 0 Å². The summed E-state index contributed by atoms with van der Waals surface area (Å²) in [5.74, 6) is 0.725. The summed E-state index contributed by atoms with van der Waals surface area (Å²) in [6, 6.07) is 0. The highest BCUT2D eigenvalue weighted by Gasteiger charge is 2.12. The molecule has 1 heterocycles. The number of rotatable bonds is 9. The minimum Gasteiger partial charge on any atom is -0.249 e. The Hall–Kier alpha value is -0.370. The summed E-state index contributed by atoms with van der Waals surface area (Å²) in [5, 5.41) is 2.24. The van der Waals surface area contributed by atoms with E-state index in [-0.39, 0.29) is 0 Å². The minimum absolute atomic E-state index is 0.725. The maximum Gasteiger partial charge on any atom is 0.0794 e. The fourth-order valence-corrected chi connectivity index (χ4v) is 2.77. The van der Waals surface area contributed by atoms with E-state index in [1.807, 2.05) is 5.51 Å². The summed E-state index contributed by atoms with van der Waals surface area (Å²) in [6.45, 7) is 4.55. The smallest absolute Gasteiger partial charge is 0.0794 e. The van der Waals surface area contributed by atoms with Crippen molar-refractivity contribution >= 4 is 11.3 Å². The van der Waals surface area contributed by atoms with Crippen LogP contribution in [0.5, 0.6) is 0 Å². The van der Waals surface area contributed by atoms with Crippen molar-refractivity contribution in [1.82, 2.24) is 4.98 Å². The molecular weight excluding hydrogens is 214 g/mol. The largest absolute Gasteiger partial charge is 0.249 e. The van der Waals surface area contributed by atoms with Gasteiger partial charge in [0.05, 0.1) is 11.2 Å². The third-order valence-corrected chi connectivity index (χ3v) is 3.79. The van der Waals surface area contributed by atoms with Gasteiger partial charge >= 0.3 is 0 Å². The maximum atomic E-state index is 4.49. The summed E-state index contributed by atoms with van der Waals surface area (Å²) >= 11 is 1.73. The van der Waals surface area contributed by atoms with Crippen LogP contribution in [0.25, 0.3) is 0 Å². The highest BCUT2D eigenvalue weighted by Crippen LogP contribution is 2.27. The van der Waals surface area contributed by atoms with Crippen molar-refractivity contribution in [2.75, 3.05) is 0 Å². The van der Waals surface area contributed by atoms with E-state index in [1.54, 1.807) is 11.3 Å². The number of aromatic nitrogens is 1. The fourth-order valence-electron chi connectivity index (χ4n) is 2.13. The summed E-state index contributed by atoms with van der Waals surface area (Å²) in [4.78, 5) is 4.49. The lowest BCUT2D eigenvalue weighted by Gasteiger charge is -2.14. The molecule has 1 unspecified atom stereocenters. The third-order valence-electron chi connectivity index (χ3n) is 3.18. The van der Waals surface area contributed by atoms with E-state index in [4.69, 9.17) is 0 Å². The zero-order valence-corrected chi connectivity index (χ0v) is 11.6. The first-order valence-corrected chi connectivity index (χ1v) is 7.70. The SMILES string of the molecule is CCCCCCC(CCCC)c1cscn1. The van der Waals surface area contributed by atoms with Gasteiger partial charge in [0, 0.05) is 11.3 Å². The number of hydrogen-bond acceptors (Lipinski definition) is 2. The minimum atomic E-state index is 0.725. The topological polar surface area (TPSA) is 12.9 Å². The van der Waals surface area contributed by atoms with Gasteiger partial charge in [-0.05, 0) is 12.8 Å². The van der Waals surface area contributed by atoms with Crippen LogP contribution in [0.2, 0.25) is 0 Å².